The van der Waals surface area contributed by atoms with E-state index in [0.717, 1.165) is 68.7 Å². The van der Waals surface area contributed by atoms with E-state index >= 15 is 0 Å². The van der Waals surface area contributed by atoms with Gasteiger partial charge in [0, 0.05) is 49.1 Å². The van der Waals surface area contributed by atoms with Crippen LogP contribution in [-0.4, -0.2) is 24.1 Å². The van der Waals surface area contributed by atoms with E-state index in [9.17, 15) is 0 Å². The predicted molar refractivity (Wildman–Crippen MR) is 306 cm³/mol. The van der Waals surface area contributed by atoms with Gasteiger partial charge in [0.1, 0.15) is 0 Å². The lowest BCUT2D eigenvalue weighted by Crippen LogP contribution is -2.30. The summed E-state index contributed by atoms with van der Waals surface area (Å²) in [7, 11) is 0. The third-order valence-corrected chi connectivity index (χ3v) is 14.6. The van der Waals surface area contributed by atoms with Crippen molar-refractivity contribution in [2.24, 2.45) is 0 Å². The van der Waals surface area contributed by atoms with Gasteiger partial charge in [-0.05, 0) is 99.8 Å². The topological polar surface area (TPSA) is 48.5 Å². The van der Waals surface area contributed by atoms with Crippen molar-refractivity contribution in [3.63, 3.8) is 0 Å². The molecule has 74 heavy (non-hydrogen) atoms. The minimum absolute atomic E-state index is 0.607. The summed E-state index contributed by atoms with van der Waals surface area (Å²) < 4.78 is 4.92. The molecule has 1 aliphatic carbocycles. The first-order valence-electron chi connectivity index (χ1n) is 25.4. The molecule has 0 atom stereocenters. The number of para-hydroxylation sites is 1. The van der Waals surface area contributed by atoms with Crippen molar-refractivity contribution in [1.29, 1.82) is 0 Å². The highest BCUT2D eigenvalue weighted by Crippen LogP contribution is 2.42. The Morgan fingerprint density at radius 1 is 0.297 bits per heavy atom. The van der Waals surface area contributed by atoms with Crippen LogP contribution in [0, 0.1) is 0 Å². The van der Waals surface area contributed by atoms with Gasteiger partial charge in [-0.1, -0.05) is 218 Å². The highest BCUT2D eigenvalue weighted by atomic mass is 15.1. The Kier molecular flexibility index (Phi) is 10.6. The maximum Gasteiger partial charge on any atom is 0.166 e. The lowest BCUT2D eigenvalue weighted by atomic mass is 9.95. The summed E-state index contributed by atoms with van der Waals surface area (Å²) >= 11 is 0. The average Bonchev–Trinajstić information content (AvgIpc) is 4.01. The minimum atomic E-state index is 0.607. The Balaban J connectivity index is 1.02. The van der Waals surface area contributed by atoms with Gasteiger partial charge < -0.3 is 9.13 Å². The smallest absolute Gasteiger partial charge is 0.166 e. The first kappa shape index (κ1) is 43.1. The molecule has 3 aromatic heterocycles. The van der Waals surface area contributed by atoms with Gasteiger partial charge in [-0.3, -0.25) is 0 Å². The molecule has 14 rings (SSSR count). The van der Waals surface area contributed by atoms with Crippen molar-refractivity contribution in [1.82, 2.24) is 24.1 Å². The van der Waals surface area contributed by atoms with Crippen LogP contribution in [-0.2, 0) is 0 Å². The van der Waals surface area contributed by atoms with Crippen LogP contribution < -0.4 is 10.6 Å². The Bertz CT molecular complexity index is 4370. The molecule has 5 nitrogen and oxygen atoms in total. The first-order valence-corrected chi connectivity index (χ1v) is 25.4. The van der Waals surface area contributed by atoms with Crippen molar-refractivity contribution in [2.45, 2.75) is 12.8 Å². The van der Waals surface area contributed by atoms with Gasteiger partial charge >= 0.3 is 0 Å². The minimum Gasteiger partial charge on any atom is -0.309 e. The fourth-order valence-corrected chi connectivity index (χ4v) is 11.2. The fraction of sp³-hybridized carbons (Fsp3) is 0.0290. The molecule has 0 amide bonds. The second-order valence-electron chi connectivity index (χ2n) is 19.0. The van der Waals surface area contributed by atoms with Gasteiger partial charge in [-0.15, -0.1) is 0 Å². The molecule has 348 valence electrons. The third-order valence-electron chi connectivity index (χ3n) is 14.6. The van der Waals surface area contributed by atoms with Crippen LogP contribution >= 0.6 is 0 Å². The Morgan fingerprint density at radius 2 is 0.757 bits per heavy atom. The van der Waals surface area contributed by atoms with Crippen LogP contribution in [0.2, 0.25) is 0 Å². The van der Waals surface area contributed by atoms with Gasteiger partial charge in [-0.2, -0.15) is 0 Å². The zero-order chi connectivity index (χ0) is 49.0. The predicted octanol–water partition coefficient (Wildman–Crippen LogP) is 15.9. The summed E-state index contributed by atoms with van der Waals surface area (Å²) in [5.74, 6) is 1.85. The molecule has 1 aliphatic rings. The molecule has 5 heteroatoms. The Hall–Kier alpha value is -9.71. The van der Waals surface area contributed by atoms with Gasteiger partial charge in [0.05, 0.1) is 22.2 Å². The van der Waals surface area contributed by atoms with Gasteiger partial charge in [0.25, 0.3) is 0 Å². The quantitative estimate of drug-likeness (QED) is 0.145. The molecule has 13 aromatic rings. The Labute approximate surface area is 429 Å². The van der Waals surface area contributed by atoms with E-state index in [1.54, 1.807) is 0 Å². The summed E-state index contributed by atoms with van der Waals surface area (Å²) in [6.07, 6.45) is 6.76. The molecule has 0 saturated heterocycles. The SMILES string of the molecule is C1=c2c(n(-c3cc(-c4ccccc4)ccc3-c3nc(-c4ccccc4)nc(-c4ccc(-c5ccccc5)cc4)n3)c3cccc(-c4cccc5c4c4ccc(-c6ccccc6)cc4n5-c4ccccc4)c23)=CCC1. The molecular formula is C69H47N5. The van der Waals surface area contributed by atoms with Crippen molar-refractivity contribution >= 4 is 44.9 Å². The van der Waals surface area contributed by atoms with Crippen LogP contribution in [0.1, 0.15) is 12.8 Å². The third kappa shape index (κ3) is 7.44. The largest absolute Gasteiger partial charge is 0.309 e. The number of nitrogens with zero attached hydrogens (tertiary/aromatic N) is 5. The lowest BCUT2D eigenvalue weighted by molar-refractivity contribution is 1.01. The van der Waals surface area contributed by atoms with E-state index in [4.69, 9.17) is 15.0 Å². The number of aromatic nitrogens is 5. The molecule has 0 saturated carbocycles. The van der Waals surface area contributed by atoms with E-state index in [0.29, 0.717) is 17.5 Å². The van der Waals surface area contributed by atoms with Crippen molar-refractivity contribution in [3.05, 3.63) is 259 Å². The monoisotopic (exact) mass is 945 g/mol. The zero-order valence-corrected chi connectivity index (χ0v) is 40.5. The van der Waals surface area contributed by atoms with Crippen molar-refractivity contribution < 1.29 is 0 Å². The highest BCUT2D eigenvalue weighted by molar-refractivity contribution is 6.18. The first-order chi connectivity index (χ1) is 36.7. The maximum absolute atomic E-state index is 5.39. The van der Waals surface area contributed by atoms with Crippen LogP contribution in [0.25, 0.3) is 135 Å². The zero-order valence-electron chi connectivity index (χ0n) is 40.5. The number of rotatable bonds is 9. The number of benzene rings is 10. The van der Waals surface area contributed by atoms with E-state index in [1.807, 2.05) is 24.3 Å². The summed E-state index contributed by atoms with van der Waals surface area (Å²) in [6, 6.07) is 88.8. The molecule has 0 fully saturated rings. The molecule has 0 bridgehead atoms. The molecular weight excluding hydrogens is 899 g/mol. The summed E-state index contributed by atoms with van der Waals surface area (Å²) in [5.41, 5.74) is 17.7. The highest BCUT2D eigenvalue weighted by Gasteiger charge is 2.24. The van der Waals surface area contributed by atoms with Crippen LogP contribution in [0.15, 0.2) is 249 Å². The number of fused-ring (bicyclic) bond motifs is 6. The standard InChI is InChI=1S/C69H47N5/c1-6-20-46(21-7-1)49-36-38-51(39-37-49)68-70-67(50-26-12-4-13-27-50)71-69(72-68)59-43-41-53(48-24-10-3-11-25-48)45-64(59)74-60-33-17-16-30-57(60)65-55(32-19-35-62(65)74)56-31-18-34-61-66(56)58-42-40-52(47-22-8-2-9-23-47)44-63(58)73(61)54-28-14-5-15-29-54/h1-15,18-45H,16-17H2. The van der Waals surface area contributed by atoms with Crippen molar-refractivity contribution in [2.75, 3.05) is 0 Å². The average molecular weight is 946 g/mol. The number of hydrogen-bond acceptors (Lipinski definition) is 3. The van der Waals surface area contributed by atoms with E-state index < -0.39 is 0 Å². The number of hydrogen-bond donors (Lipinski definition) is 0. The maximum atomic E-state index is 5.39. The van der Waals surface area contributed by atoms with E-state index in [2.05, 4.69) is 246 Å². The van der Waals surface area contributed by atoms with Crippen LogP contribution in [0.3, 0.4) is 0 Å². The van der Waals surface area contributed by atoms with Gasteiger partial charge in [0.2, 0.25) is 0 Å². The molecule has 0 radical (unpaired) electrons. The van der Waals surface area contributed by atoms with Crippen molar-refractivity contribution in [3.8, 4) is 90.0 Å². The molecule has 0 spiro atoms. The van der Waals surface area contributed by atoms with E-state index in [1.165, 1.54) is 60.0 Å². The second-order valence-corrected chi connectivity index (χ2v) is 19.0. The summed E-state index contributed by atoms with van der Waals surface area (Å²) in [5, 5.41) is 6.09. The van der Waals surface area contributed by atoms with Gasteiger partial charge in [-0.25, -0.2) is 15.0 Å². The normalized spacial score (nSPS) is 12.2. The molecule has 0 aliphatic heterocycles. The Morgan fingerprint density at radius 3 is 1.39 bits per heavy atom. The second kappa shape index (κ2) is 18.2. The molecule has 0 unspecified atom stereocenters. The fourth-order valence-electron chi connectivity index (χ4n) is 11.2. The summed E-state index contributed by atoms with van der Waals surface area (Å²) in [4.78, 5) is 15.9. The van der Waals surface area contributed by atoms with Crippen LogP contribution in [0.4, 0.5) is 0 Å². The molecule has 0 N–H and O–H groups in total. The molecule has 10 aromatic carbocycles. The van der Waals surface area contributed by atoms with Crippen LogP contribution in [0.5, 0.6) is 0 Å². The summed E-state index contributed by atoms with van der Waals surface area (Å²) in [6.45, 7) is 0. The lowest BCUT2D eigenvalue weighted by Gasteiger charge is -2.17. The molecule has 3 heterocycles. The van der Waals surface area contributed by atoms with Gasteiger partial charge in [0.15, 0.2) is 17.5 Å². The van der Waals surface area contributed by atoms with E-state index in [-0.39, 0.29) is 0 Å².